The van der Waals surface area contributed by atoms with Crippen LogP contribution in [0.15, 0.2) is 47.7 Å². The quantitative estimate of drug-likeness (QED) is 0.496. The van der Waals surface area contributed by atoms with Gasteiger partial charge >= 0.3 is 0 Å². The number of carbonyl (C=O) groups is 1. The molecule has 32 heavy (non-hydrogen) atoms. The van der Waals surface area contributed by atoms with Crippen LogP contribution in [0.5, 0.6) is 0 Å². The van der Waals surface area contributed by atoms with Crippen molar-refractivity contribution < 1.29 is 4.79 Å². The zero-order valence-electron chi connectivity index (χ0n) is 18.7. The molecule has 170 valence electrons. The first-order chi connectivity index (χ1) is 15.5. The van der Waals surface area contributed by atoms with Crippen molar-refractivity contribution in [2.45, 2.75) is 76.3 Å². The topological polar surface area (TPSA) is 79.3 Å². The van der Waals surface area contributed by atoms with Gasteiger partial charge in [-0.25, -0.2) is 15.0 Å². The molecule has 0 saturated heterocycles. The molecule has 0 bridgehead atoms. The molecule has 1 heterocycles. The van der Waals surface area contributed by atoms with Gasteiger partial charge in [0.1, 0.15) is 5.82 Å². The Bertz CT molecular complexity index is 917. The molecule has 0 aliphatic heterocycles. The zero-order chi connectivity index (χ0) is 22.4. The van der Waals surface area contributed by atoms with Crippen molar-refractivity contribution in [2.24, 2.45) is 10.9 Å². The summed E-state index contributed by atoms with van der Waals surface area (Å²) in [7, 11) is 0. The highest BCUT2D eigenvalue weighted by Crippen LogP contribution is 2.30. The van der Waals surface area contributed by atoms with Gasteiger partial charge in [0.05, 0.1) is 6.04 Å². The van der Waals surface area contributed by atoms with E-state index in [0.717, 1.165) is 50.8 Å². The molecule has 2 fully saturated rings. The van der Waals surface area contributed by atoms with Gasteiger partial charge in [0.2, 0.25) is 0 Å². The van der Waals surface area contributed by atoms with E-state index in [9.17, 15) is 4.79 Å². The van der Waals surface area contributed by atoms with Gasteiger partial charge < -0.3 is 5.32 Å². The van der Waals surface area contributed by atoms with E-state index in [0.29, 0.717) is 22.5 Å². The molecule has 4 rings (SSSR count). The summed E-state index contributed by atoms with van der Waals surface area (Å²) in [6, 6.07) is 9.01. The van der Waals surface area contributed by atoms with Crippen molar-refractivity contribution in [2.75, 3.05) is 0 Å². The number of hydrogen-bond donors (Lipinski definition) is 2. The van der Waals surface area contributed by atoms with E-state index in [1.54, 1.807) is 24.3 Å². The van der Waals surface area contributed by atoms with Gasteiger partial charge in [-0.05, 0) is 81.7 Å². The maximum Gasteiger partial charge on any atom is 0.257 e. The molecule has 0 radical (unpaired) electrons. The normalized spacial score (nSPS) is 23.0. The average Bonchev–Trinajstić information content (AvgIpc) is 3.22. The van der Waals surface area contributed by atoms with Gasteiger partial charge in [0.25, 0.3) is 5.91 Å². The minimum atomic E-state index is -0.163. The van der Waals surface area contributed by atoms with Gasteiger partial charge in [-0.15, -0.1) is 0 Å². The number of hydrogen-bond acceptors (Lipinski definition) is 4. The number of amides is 1. The lowest BCUT2D eigenvalue weighted by Crippen LogP contribution is -2.51. The lowest BCUT2D eigenvalue weighted by atomic mass is 9.84. The van der Waals surface area contributed by atoms with Crippen molar-refractivity contribution in [3.8, 4) is 0 Å². The number of carbonyl (C=O) groups excluding carboxylic acids is 1. The second-order valence-corrected chi connectivity index (χ2v) is 9.81. The highest BCUT2D eigenvalue weighted by molar-refractivity contribution is 6.30. The number of benzene rings is 1. The number of guanidine groups is 1. The van der Waals surface area contributed by atoms with Gasteiger partial charge in [-0.2, -0.15) is 0 Å². The first kappa shape index (κ1) is 22.7. The Balaban J connectivity index is 1.41. The van der Waals surface area contributed by atoms with Crippen LogP contribution in [0.2, 0.25) is 5.02 Å². The second-order valence-electron chi connectivity index (χ2n) is 9.38. The number of halogens is 1. The number of aliphatic imine (C=N–C) groups is 1. The van der Waals surface area contributed by atoms with Crippen LogP contribution in [0.4, 0.5) is 0 Å². The van der Waals surface area contributed by atoms with E-state index in [1.165, 1.54) is 12.8 Å². The molecular weight excluding hydrogens is 422 g/mol. The Kier molecular flexibility index (Phi) is 7.40. The fourth-order valence-corrected chi connectivity index (χ4v) is 4.92. The Morgan fingerprint density at radius 2 is 1.75 bits per heavy atom. The van der Waals surface area contributed by atoms with E-state index in [-0.39, 0.29) is 17.5 Å². The third-order valence-corrected chi connectivity index (χ3v) is 6.94. The lowest BCUT2D eigenvalue weighted by molar-refractivity contribution is 0.0975. The van der Waals surface area contributed by atoms with Crippen LogP contribution >= 0.6 is 11.6 Å². The molecule has 2 aliphatic carbocycles. The van der Waals surface area contributed by atoms with E-state index in [1.807, 2.05) is 18.5 Å². The second kappa shape index (κ2) is 10.4. The number of aromatic nitrogens is 2. The van der Waals surface area contributed by atoms with Crippen molar-refractivity contribution in [1.29, 1.82) is 0 Å². The van der Waals surface area contributed by atoms with Crippen LogP contribution in [-0.4, -0.2) is 33.4 Å². The van der Waals surface area contributed by atoms with Crippen LogP contribution in [0, 0.1) is 5.92 Å². The zero-order valence-corrected chi connectivity index (χ0v) is 19.4. The largest absolute Gasteiger partial charge is 0.351 e. The number of rotatable bonds is 5. The highest BCUT2D eigenvalue weighted by atomic mass is 35.5. The Morgan fingerprint density at radius 1 is 1.09 bits per heavy atom. The van der Waals surface area contributed by atoms with Crippen LogP contribution < -0.4 is 10.6 Å². The van der Waals surface area contributed by atoms with Crippen molar-refractivity contribution in [1.82, 2.24) is 20.6 Å². The molecule has 0 unspecified atom stereocenters. The van der Waals surface area contributed by atoms with Gasteiger partial charge in [0, 0.05) is 34.9 Å². The van der Waals surface area contributed by atoms with Crippen molar-refractivity contribution in [3.63, 3.8) is 0 Å². The average molecular weight is 454 g/mol. The van der Waals surface area contributed by atoms with Crippen molar-refractivity contribution >= 4 is 23.5 Å². The summed E-state index contributed by atoms with van der Waals surface area (Å²) in [4.78, 5) is 26.6. The summed E-state index contributed by atoms with van der Waals surface area (Å²) < 4.78 is 0. The molecule has 2 saturated carbocycles. The SMILES string of the molecule is CC1(NC(=NC2CCC(Cc3ncccn3)CC2)NC(=O)c2ccc(Cl)cc2)CCCC1. The minimum absolute atomic E-state index is 0.0199. The molecule has 7 heteroatoms. The predicted molar refractivity (Wildman–Crippen MR) is 128 cm³/mol. The summed E-state index contributed by atoms with van der Waals surface area (Å²) in [6.45, 7) is 2.22. The summed E-state index contributed by atoms with van der Waals surface area (Å²) in [5, 5.41) is 7.23. The van der Waals surface area contributed by atoms with Crippen molar-refractivity contribution in [3.05, 3.63) is 59.1 Å². The molecule has 0 spiro atoms. The first-order valence-corrected chi connectivity index (χ1v) is 12.1. The van der Waals surface area contributed by atoms with E-state index >= 15 is 0 Å². The Labute approximate surface area is 195 Å². The fourth-order valence-electron chi connectivity index (χ4n) is 4.80. The van der Waals surface area contributed by atoms with Gasteiger partial charge in [-0.1, -0.05) is 24.4 Å². The van der Waals surface area contributed by atoms with Gasteiger partial charge in [0.15, 0.2) is 5.96 Å². The van der Waals surface area contributed by atoms with Gasteiger partial charge in [-0.3, -0.25) is 10.1 Å². The van der Waals surface area contributed by atoms with Crippen LogP contribution in [0.1, 0.15) is 74.5 Å². The molecule has 1 amide bonds. The molecule has 0 atom stereocenters. The van der Waals surface area contributed by atoms with E-state index in [4.69, 9.17) is 16.6 Å². The maximum atomic E-state index is 12.9. The highest BCUT2D eigenvalue weighted by Gasteiger charge is 2.31. The number of nitrogens with zero attached hydrogens (tertiary/aromatic N) is 3. The Morgan fingerprint density at radius 3 is 2.41 bits per heavy atom. The lowest BCUT2D eigenvalue weighted by Gasteiger charge is -2.30. The predicted octanol–water partition coefficient (Wildman–Crippen LogP) is 4.94. The summed E-state index contributed by atoms with van der Waals surface area (Å²) in [5.41, 5.74) is 0.556. The molecular formula is C25H32ClN5O. The molecule has 2 aliphatic rings. The van der Waals surface area contributed by atoms with Crippen LogP contribution in [0.25, 0.3) is 0 Å². The smallest absolute Gasteiger partial charge is 0.257 e. The summed E-state index contributed by atoms with van der Waals surface area (Å²) in [6.07, 6.45) is 13.3. The monoisotopic (exact) mass is 453 g/mol. The van der Waals surface area contributed by atoms with E-state index in [2.05, 4.69) is 27.5 Å². The molecule has 1 aromatic carbocycles. The fraction of sp³-hybridized carbons (Fsp3) is 0.520. The molecule has 2 N–H and O–H groups in total. The van der Waals surface area contributed by atoms with Crippen LogP contribution in [-0.2, 0) is 6.42 Å². The first-order valence-electron chi connectivity index (χ1n) is 11.7. The Hall–Kier alpha value is -2.47. The number of nitrogens with one attached hydrogen (secondary N) is 2. The third-order valence-electron chi connectivity index (χ3n) is 6.68. The van der Waals surface area contributed by atoms with Crippen LogP contribution in [0.3, 0.4) is 0 Å². The molecule has 2 aromatic rings. The summed E-state index contributed by atoms with van der Waals surface area (Å²) >= 11 is 5.97. The third kappa shape index (κ3) is 6.28. The molecule has 1 aromatic heterocycles. The summed E-state index contributed by atoms with van der Waals surface area (Å²) in [5.74, 6) is 1.95. The maximum absolute atomic E-state index is 12.9. The molecule has 6 nitrogen and oxygen atoms in total. The minimum Gasteiger partial charge on any atom is -0.351 e. The van der Waals surface area contributed by atoms with E-state index < -0.39 is 0 Å². The standard InChI is InChI=1S/C25H32ClN5O/c1-25(13-2-3-14-25)31-24(30-23(32)19-7-9-20(26)10-8-19)29-21-11-5-18(6-12-21)17-22-27-15-4-16-28-22/h4,7-10,15-16,18,21H,2-3,5-6,11-14,17H2,1H3,(H2,29,30,31,32).